The summed E-state index contributed by atoms with van der Waals surface area (Å²) in [6, 6.07) is 20.0. The van der Waals surface area contributed by atoms with Gasteiger partial charge in [0.2, 0.25) is 21.8 Å². The van der Waals surface area contributed by atoms with Crippen LogP contribution in [0.25, 0.3) is 0 Å². The van der Waals surface area contributed by atoms with Gasteiger partial charge in [0.15, 0.2) is 0 Å². The Morgan fingerprint density at radius 3 is 2.17 bits per heavy atom. The second kappa shape index (κ2) is 13.9. The lowest BCUT2D eigenvalue weighted by atomic mass is 10.0. The quantitative estimate of drug-likeness (QED) is 0.317. The zero-order valence-corrected chi connectivity index (χ0v) is 26.3. The van der Waals surface area contributed by atoms with E-state index < -0.39 is 34.1 Å². The molecule has 1 N–H and O–H groups in total. The molecular formula is C31H38ClN3O6S. The maximum Gasteiger partial charge on any atom is 0.244 e. The third-order valence-corrected chi connectivity index (χ3v) is 7.71. The third-order valence-electron chi connectivity index (χ3n) is 6.35. The third kappa shape index (κ3) is 9.12. The Morgan fingerprint density at radius 2 is 1.60 bits per heavy atom. The molecular weight excluding hydrogens is 578 g/mol. The van der Waals surface area contributed by atoms with E-state index in [9.17, 15) is 18.0 Å². The van der Waals surface area contributed by atoms with Gasteiger partial charge >= 0.3 is 0 Å². The molecule has 9 nitrogen and oxygen atoms in total. The van der Waals surface area contributed by atoms with Gasteiger partial charge in [-0.25, -0.2) is 8.42 Å². The number of carbonyl (C=O) groups excluding carboxylic acids is 2. The molecule has 0 aromatic heterocycles. The van der Waals surface area contributed by atoms with Gasteiger partial charge in [-0.3, -0.25) is 13.9 Å². The number of benzene rings is 3. The van der Waals surface area contributed by atoms with Crippen LogP contribution >= 0.6 is 11.6 Å². The molecule has 3 aromatic rings. The van der Waals surface area contributed by atoms with Crippen LogP contribution in [0.5, 0.6) is 11.5 Å². The second-order valence-electron chi connectivity index (χ2n) is 10.9. The number of halogens is 1. The number of amides is 2. The summed E-state index contributed by atoms with van der Waals surface area (Å²) in [5, 5.41) is 3.46. The first-order valence-electron chi connectivity index (χ1n) is 13.3. The fourth-order valence-electron chi connectivity index (χ4n) is 4.43. The lowest BCUT2D eigenvalue weighted by molar-refractivity contribution is -0.140. The van der Waals surface area contributed by atoms with E-state index in [1.165, 1.54) is 25.2 Å². The van der Waals surface area contributed by atoms with Gasteiger partial charge in [0.25, 0.3) is 0 Å². The smallest absolute Gasteiger partial charge is 0.244 e. The minimum absolute atomic E-state index is 0.0152. The fourth-order valence-corrected chi connectivity index (χ4v) is 5.48. The molecule has 0 spiro atoms. The van der Waals surface area contributed by atoms with Crippen molar-refractivity contribution in [1.82, 2.24) is 10.2 Å². The molecule has 42 heavy (non-hydrogen) atoms. The van der Waals surface area contributed by atoms with Crippen molar-refractivity contribution in [2.45, 2.75) is 45.3 Å². The van der Waals surface area contributed by atoms with E-state index in [4.69, 9.17) is 21.1 Å². The van der Waals surface area contributed by atoms with E-state index in [-0.39, 0.29) is 30.3 Å². The number of ether oxygens (including phenoxy) is 2. The van der Waals surface area contributed by atoms with Crippen molar-refractivity contribution in [2.75, 3.05) is 31.3 Å². The van der Waals surface area contributed by atoms with E-state index in [2.05, 4.69) is 5.32 Å². The van der Waals surface area contributed by atoms with Crippen molar-refractivity contribution in [1.29, 1.82) is 0 Å². The predicted octanol–water partition coefficient (Wildman–Crippen LogP) is 4.68. The highest BCUT2D eigenvalue weighted by atomic mass is 35.5. The summed E-state index contributed by atoms with van der Waals surface area (Å²) < 4.78 is 37.9. The van der Waals surface area contributed by atoms with E-state index in [1.54, 1.807) is 36.4 Å². The molecule has 11 heteroatoms. The molecule has 0 unspecified atom stereocenters. The van der Waals surface area contributed by atoms with Gasteiger partial charge in [0.1, 0.15) is 24.1 Å². The Morgan fingerprint density at radius 1 is 0.929 bits per heavy atom. The van der Waals surface area contributed by atoms with Crippen molar-refractivity contribution in [3.05, 3.63) is 88.9 Å². The van der Waals surface area contributed by atoms with Gasteiger partial charge in [-0.05, 0) is 56.2 Å². The molecule has 3 aromatic carbocycles. The average molecular weight is 616 g/mol. The van der Waals surface area contributed by atoms with Crippen LogP contribution in [0.15, 0.2) is 72.8 Å². The van der Waals surface area contributed by atoms with Crippen LogP contribution in [0, 0.1) is 0 Å². The van der Waals surface area contributed by atoms with Crippen molar-refractivity contribution in [3.8, 4) is 11.5 Å². The zero-order valence-electron chi connectivity index (χ0n) is 24.8. The minimum Gasteiger partial charge on any atom is -0.497 e. The summed E-state index contributed by atoms with van der Waals surface area (Å²) in [6.45, 7) is 4.99. The fraction of sp³-hybridized carbons (Fsp3) is 0.355. The lowest BCUT2D eigenvalue weighted by Gasteiger charge is -2.35. The van der Waals surface area contributed by atoms with Gasteiger partial charge in [-0.2, -0.15) is 0 Å². The maximum atomic E-state index is 14.3. The molecule has 2 amide bonds. The van der Waals surface area contributed by atoms with Crippen molar-refractivity contribution < 1.29 is 27.5 Å². The van der Waals surface area contributed by atoms with Crippen molar-refractivity contribution in [3.63, 3.8) is 0 Å². The molecule has 0 radical (unpaired) electrons. The topological polar surface area (TPSA) is 105 Å². The number of nitrogens with one attached hydrogen (secondary N) is 1. The monoisotopic (exact) mass is 615 g/mol. The van der Waals surface area contributed by atoms with Crippen LogP contribution in [-0.4, -0.2) is 63.7 Å². The van der Waals surface area contributed by atoms with Gasteiger partial charge < -0.3 is 19.7 Å². The number of hydrogen-bond acceptors (Lipinski definition) is 6. The van der Waals surface area contributed by atoms with Crippen LogP contribution in [0.4, 0.5) is 5.69 Å². The number of rotatable bonds is 12. The summed E-state index contributed by atoms with van der Waals surface area (Å²) >= 11 is 6.26. The lowest BCUT2D eigenvalue weighted by Crippen LogP contribution is -2.56. The number of methoxy groups -OCH3 is 2. The molecule has 0 heterocycles. The molecule has 0 aliphatic rings. The van der Waals surface area contributed by atoms with E-state index in [1.807, 2.05) is 51.1 Å². The zero-order chi connectivity index (χ0) is 31.1. The molecule has 0 aliphatic heterocycles. The Labute approximate surface area is 253 Å². The summed E-state index contributed by atoms with van der Waals surface area (Å²) in [7, 11) is -1.13. The number of sulfonamides is 1. The number of carbonyl (C=O) groups is 2. The molecule has 226 valence electrons. The largest absolute Gasteiger partial charge is 0.497 e. The molecule has 0 aliphatic carbocycles. The molecule has 0 fully saturated rings. The predicted molar refractivity (Wildman–Crippen MR) is 166 cm³/mol. The molecule has 0 saturated heterocycles. The Balaban J connectivity index is 2.13. The van der Waals surface area contributed by atoms with E-state index in [0.29, 0.717) is 16.3 Å². The highest BCUT2D eigenvalue weighted by Crippen LogP contribution is 2.34. The van der Waals surface area contributed by atoms with Gasteiger partial charge in [-0.15, -0.1) is 0 Å². The van der Waals surface area contributed by atoms with Crippen LogP contribution in [-0.2, 0) is 32.6 Å². The van der Waals surface area contributed by atoms with Gasteiger partial charge in [-0.1, -0.05) is 54.1 Å². The molecule has 3 rings (SSSR count). The highest BCUT2D eigenvalue weighted by molar-refractivity contribution is 7.92. The minimum atomic E-state index is -3.99. The Kier molecular flexibility index (Phi) is 10.9. The molecule has 1 atom stereocenters. The van der Waals surface area contributed by atoms with Crippen LogP contribution in [0.1, 0.15) is 31.9 Å². The number of hydrogen-bond donors (Lipinski definition) is 1. The highest BCUT2D eigenvalue weighted by Gasteiger charge is 2.35. The van der Waals surface area contributed by atoms with Crippen LogP contribution < -0.4 is 19.1 Å². The summed E-state index contributed by atoms with van der Waals surface area (Å²) in [4.78, 5) is 29.5. The summed E-state index contributed by atoms with van der Waals surface area (Å²) in [5.41, 5.74) is 1.07. The van der Waals surface area contributed by atoms with Crippen molar-refractivity contribution in [2.24, 2.45) is 0 Å². The normalized spacial score (nSPS) is 12.3. The number of anilines is 1. The number of nitrogens with zero attached hydrogens (tertiary/aromatic N) is 2. The first-order chi connectivity index (χ1) is 19.7. The van der Waals surface area contributed by atoms with E-state index >= 15 is 0 Å². The SMILES string of the molecule is COc1ccc(OC)c(N(CC(=O)N(Cc2cccc(Cl)c2)[C@H](Cc2ccccc2)C(=O)NC(C)(C)C)S(C)(=O)=O)c1. The average Bonchev–Trinajstić information content (AvgIpc) is 2.92. The Bertz CT molecular complexity index is 1490. The summed E-state index contributed by atoms with van der Waals surface area (Å²) in [6.07, 6.45) is 1.21. The van der Waals surface area contributed by atoms with Gasteiger partial charge in [0.05, 0.1) is 26.2 Å². The van der Waals surface area contributed by atoms with Gasteiger partial charge in [0, 0.05) is 29.6 Å². The first kappa shape index (κ1) is 32.8. The summed E-state index contributed by atoms with van der Waals surface area (Å²) in [5.74, 6) is -0.335. The van der Waals surface area contributed by atoms with Crippen LogP contribution in [0.3, 0.4) is 0 Å². The van der Waals surface area contributed by atoms with Crippen molar-refractivity contribution >= 4 is 39.1 Å². The first-order valence-corrected chi connectivity index (χ1v) is 15.5. The maximum absolute atomic E-state index is 14.3. The Hall–Kier alpha value is -3.76. The van der Waals surface area contributed by atoms with E-state index in [0.717, 1.165) is 16.1 Å². The van der Waals surface area contributed by atoms with Crippen LogP contribution in [0.2, 0.25) is 5.02 Å². The molecule has 0 saturated carbocycles. The standard InChI is InChI=1S/C31H38ClN3O6S/c1-31(2,3)33-30(37)27(18-22-11-8-7-9-12-22)34(20-23-13-10-14-24(32)17-23)29(36)21-35(42(6,38)39)26-19-25(40-4)15-16-28(26)41-5/h7-17,19,27H,18,20-21H2,1-6H3,(H,33,37)/t27-/m1/s1. The second-order valence-corrected chi connectivity index (χ2v) is 13.2. The molecule has 0 bridgehead atoms.